The topological polar surface area (TPSA) is 32.7 Å². The van der Waals surface area contributed by atoms with Gasteiger partial charge in [0.1, 0.15) is 5.75 Å². The average molecular weight is 235 g/mol. The molecular weight excluding hydrogens is 214 g/mol. The van der Waals surface area contributed by atoms with Crippen LogP contribution < -0.4 is 9.64 Å². The average Bonchev–Trinajstić information content (AvgIpc) is 2.34. The van der Waals surface area contributed by atoms with Gasteiger partial charge in [0.2, 0.25) is 0 Å². The number of anilines is 1. The Labute approximate surface area is 103 Å². The molecule has 0 aliphatic rings. The molecule has 0 heterocycles. The van der Waals surface area contributed by atoms with Gasteiger partial charge in [-0.2, -0.15) is 0 Å². The van der Waals surface area contributed by atoms with E-state index >= 15 is 0 Å². The number of hydrogen-bond donors (Lipinski definition) is 1. The first-order valence-electron chi connectivity index (χ1n) is 5.86. The van der Waals surface area contributed by atoms with Gasteiger partial charge < -0.3 is 14.7 Å². The summed E-state index contributed by atoms with van der Waals surface area (Å²) in [5.74, 6) is 0.722. The number of methoxy groups -OCH3 is 1. The summed E-state index contributed by atoms with van der Waals surface area (Å²) in [6.45, 7) is 9.20. The summed E-state index contributed by atoms with van der Waals surface area (Å²) in [4.78, 5) is 2.15. The van der Waals surface area contributed by atoms with E-state index in [-0.39, 0.29) is 0 Å². The van der Waals surface area contributed by atoms with Crippen LogP contribution in [0.3, 0.4) is 0 Å². The van der Waals surface area contributed by atoms with Crippen molar-refractivity contribution < 1.29 is 9.84 Å². The number of nitrogens with zero attached hydrogens (tertiary/aromatic N) is 1. The van der Waals surface area contributed by atoms with Crippen molar-refractivity contribution in [1.29, 1.82) is 0 Å². The van der Waals surface area contributed by atoms with Gasteiger partial charge in [0.05, 0.1) is 13.2 Å². The van der Waals surface area contributed by atoms with Crippen LogP contribution in [0.4, 0.5) is 5.69 Å². The third kappa shape index (κ3) is 3.01. The number of likely N-dealkylation sites (N-methyl/N-ethyl adjacent to an activating group) is 1. The fourth-order valence-corrected chi connectivity index (χ4v) is 1.96. The Kier molecular flexibility index (Phi) is 5.04. The van der Waals surface area contributed by atoms with E-state index in [1.54, 1.807) is 14.0 Å². The van der Waals surface area contributed by atoms with Gasteiger partial charge >= 0.3 is 0 Å². The summed E-state index contributed by atoms with van der Waals surface area (Å²) in [5.41, 5.74) is 1.83. The smallest absolute Gasteiger partial charge is 0.126 e. The normalized spacial score (nSPS) is 12.0. The van der Waals surface area contributed by atoms with E-state index < -0.39 is 6.10 Å². The lowest BCUT2D eigenvalue weighted by Crippen LogP contribution is -2.24. The van der Waals surface area contributed by atoms with Crippen molar-refractivity contribution >= 4 is 5.69 Å². The molecule has 0 spiro atoms. The monoisotopic (exact) mass is 235 g/mol. The molecule has 1 aromatic carbocycles. The quantitative estimate of drug-likeness (QED) is 0.770. The van der Waals surface area contributed by atoms with Gasteiger partial charge in [-0.05, 0) is 26.0 Å². The number of hydrogen-bond acceptors (Lipinski definition) is 3. The summed E-state index contributed by atoms with van der Waals surface area (Å²) in [6, 6.07) is 5.80. The fourth-order valence-electron chi connectivity index (χ4n) is 1.96. The van der Waals surface area contributed by atoms with Crippen molar-refractivity contribution in [2.24, 2.45) is 0 Å². The molecular formula is C14H21NO2. The van der Waals surface area contributed by atoms with Crippen LogP contribution in [0, 0.1) is 0 Å². The Bertz CT molecular complexity index is 374. The molecule has 0 aliphatic heterocycles. The standard InChI is InChI=1S/C14H21NO2/c1-5-10-15(6-2)12-8-7-9-13(17-4)14(12)11(3)16/h5,7-9,11,16H,1,6,10H2,2-4H3. The lowest BCUT2D eigenvalue weighted by molar-refractivity contribution is 0.194. The van der Waals surface area contributed by atoms with Crippen LogP contribution in [0.15, 0.2) is 30.9 Å². The lowest BCUT2D eigenvalue weighted by atomic mass is 10.1. The van der Waals surface area contributed by atoms with Crippen molar-refractivity contribution in [3.63, 3.8) is 0 Å². The second-order valence-electron chi connectivity index (χ2n) is 3.90. The minimum absolute atomic E-state index is 0.556. The zero-order chi connectivity index (χ0) is 12.8. The Morgan fingerprint density at radius 1 is 1.53 bits per heavy atom. The molecule has 0 radical (unpaired) electrons. The zero-order valence-electron chi connectivity index (χ0n) is 10.8. The van der Waals surface area contributed by atoms with Crippen molar-refractivity contribution in [1.82, 2.24) is 0 Å². The second kappa shape index (κ2) is 6.30. The number of ether oxygens (including phenoxy) is 1. The van der Waals surface area contributed by atoms with Crippen molar-refractivity contribution in [2.75, 3.05) is 25.1 Å². The predicted octanol–water partition coefficient (Wildman–Crippen LogP) is 2.76. The van der Waals surface area contributed by atoms with Crippen molar-refractivity contribution in [2.45, 2.75) is 20.0 Å². The molecule has 0 aliphatic carbocycles. The van der Waals surface area contributed by atoms with Crippen LogP contribution in [-0.2, 0) is 0 Å². The number of benzene rings is 1. The molecule has 1 rings (SSSR count). The Balaban J connectivity index is 3.25. The minimum atomic E-state index is -0.556. The molecule has 1 N–H and O–H groups in total. The predicted molar refractivity (Wildman–Crippen MR) is 71.7 cm³/mol. The highest BCUT2D eigenvalue weighted by atomic mass is 16.5. The fraction of sp³-hybridized carbons (Fsp3) is 0.429. The SMILES string of the molecule is C=CCN(CC)c1cccc(OC)c1C(C)O. The van der Waals surface area contributed by atoms with E-state index in [1.165, 1.54) is 0 Å². The number of aliphatic hydroxyl groups excluding tert-OH is 1. The summed E-state index contributed by atoms with van der Waals surface area (Å²) >= 11 is 0. The molecule has 3 heteroatoms. The van der Waals surface area contributed by atoms with E-state index in [4.69, 9.17) is 4.74 Å². The molecule has 1 unspecified atom stereocenters. The molecule has 3 nitrogen and oxygen atoms in total. The highest BCUT2D eigenvalue weighted by Crippen LogP contribution is 2.34. The lowest BCUT2D eigenvalue weighted by Gasteiger charge is -2.26. The van der Waals surface area contributed by atoms with E-state index in [9.17, 15) is 5.11 Å². The van der Waals surface area contributed by atoms with Gasteiger partial charge in [-0.3, -0.25) is 0 Å². The van der Waals surface area contributed by atoms with Crippen LogP contribution in [0.2, 0.25) is 0 Å². The molecule has 0 saturated heterocycles. The maximum atomic E-state index is 9.90. The molecule has 17 heavy (non-hydrogen) atoms. The maximum Gasteiger partial charge on any atom is 0.126 e. The van der Waals surface area contributed by atoms with Crippen molar-refractivity contribution in [3.8, 4) is 5.75 Å². The van der Waals surface area contributed by atoms with Crippen LogP contribution in [-0.4, -0.2) is 25.3 Å². The van der Waals surface area contributed by atoms with Gasteiger partial charge in [0.25, 0.3) is 0 Å². The largest absolute Gasteiger partial charge is 0.496 e. The van der Waals surface area contributed by atoms with E-state index in [0.717, 1.165) is 30.1 Å². The third-order valence-corrected chi connectivity index (χ3v) is 2.75. The summed E-state index contributed by atoms with van der Waals surface area (Å²) in [6.07, 6.45) is 1.30. The first kappa shape index (κ1) is 13.6. The van der Waals surface area contributed by atoms with Gasteiger partial charge in [-0.25, -0.2) is 0 Å². The van der Waals surface area contributed by atoms with E-state index in [0.29, 0.717) is 0 Å². The van der Waals surface area contributed by atoms with Gasteiger partial charge in [-0.15, -0.1) is 6.58 Å². The zero-order valence-corrected chi connectivity index (χ0v) is 10.8. The molecule has 0 saturated carbocycles. The molecule has 1 atom stereocenters. The maximum absolute atomic E-state index is 9.90. The van der Waals surface area contributed by atoms with Gasteiger partial charge in [0.15, 0.2) is 0 Å². The number of aliphatic hydroxyl groups is 1. The van der Waals surface area contributed by atoms with Crippen LogP contribution in [0.25, 0.3) is 0 Å². The molecule has 1 aromatic rings. The second-order valence-corrected chi connectivity index (χ2v) is 3.90. The molecule has 0 amide bonds. The van der Waals surface area contributed by atoms with Gasteiger partial charge in [0, 0.05) is 24.3 Å². The highest BCUT2D eigenvalue weighted by Gasteiger charge is 2.17. The molecule has 94 valence electrons. The molecule has 0 bridgehead atoms. The van der Waals surface area contributed by atoms with Crippen LogP contribution in [0.1, 0.15) is 25.5 Å². The number of rotatable bonds is 6. The Morgan fingerprint density at radius 2 is 2.24 bits per heavy atom. The van der Waals surface area contributed by atoms with Crippen molar-refractivity contribution in [3.05, 3.63) is 36.4 Å². The molecule has 0 aromatic heterocycles. The third-order valence-electron chi connectivity index (χ3n) is 2.75. The van der Waals surface area contributed by atoms with Crippen LogP contribution >= 0.6 is 0 Å². The highest BCUT2D eigenvalue weighted by molar-refractivity contribution is 5.60. The Morgan fingerprint density at radius 3 is 2.71 bits per heavy atom. The van der Waals surface area contributed by atoms with Crippen LogP contribution in [0.5, 0.6) is 5.75 Å². The first-order valence-corrected chi connectivity index (χ1v) is 5.86. The minimum Gasteiger partial charge on any atom is -0.496 e. The summed E-state index contributed by atoms with van der Waals surface area (Å²) < 4.78 is 5.31. The summed E-state index contributed by atoms with van der Waals surface area (Å²) in [7, 11) is 1.62. The Hall–Kier alpha value is -1.48. The van der Waals surface area contributed by atoms with Gasteiger partial charge in [-0.1, -0.05) is 12.1 Å². The summed E-state index contributed by atoms with van der Waals surface area (Å²) in [5, 5.41) is 9.90. The first-order chi connectivity index (χ1) is 8.15. The molecule has 0 fully saturated rings. The van der Waals surface area contributed by atoms with E-state index in [1.807, 2.05) is 24.3 Å². The van der Waals surface area contributed by atoms with E-state index in [2.05, 4.69) is 18.4 Å².